The molecular formula is C24H33FIN3O3. The summed E-state index contributed by atoms with van der Waals surface area (Å²) >= 11 is 0. The first kappa shape index (κ1) is 26.3. The Balaban J connectivity index is 0.00000363. The van der Waals surface area contributed by atoms with Crippen molar-refractivity contribution < 1.29 is 18.6 Å². The van der Waals surface area contributed by atoms with Crippen LogP contribution in [-0.2, 0) is 22.6 Å². The predicted octanol–water partition coefficient (Wildman–Crippen LogP) is 4.27. The van der Waals surface area contributed by atoms with Gasteiger partial charge in [-0.2, -0.15) is 0 Å². The summed E-state index contributed by atoms with van der Waals surface area (Å²) in [7, 11) is 1.73. The van der Waals surface area contributed by atoms with Gasteiger partial charge in [-0.25, -0.2) is 4.39 Å². The van der Waals surface area contributed by atoms with E-state index in [-0.39, 0.29) is 42.0 Å². The zero-order chi connectivity index (χ0) is 21.9. The van der Waals surface area contributed by atoms with Crippen molar-refractivity contribution in [2.75, 3.05) is 26.8 Å². The van der Waals surface area contributed by atoms with Gasteiger partial charge in [0.05, 0.1) is 19.3 Å². The third-order valence-electron chi connectivity index (χ3n) is 5.02. The average molecular weight is 557 g/mol. The third kappa shape index (κ3) is 9.30. The number of nitrogens with zero attached hydrogens (tertiary/aromatic N) is 1. The second-order valence-corrected chi connectivity index (χ2v) is 7.64. The van der Waals surface area contributed by atoms with Gasteiger partial charge in [-0.1, -0.05) is 30.3 Å². The number of halogens is 2. The third-order valence-corrected chi connectivity index (χ3v) is 5.02. The highest BCUT2D eigenvalue weighted by Crippen LogP contribution is 2.15. The fourth-order valence-corrected chi connectivity index (χ4v) is 3.35. The van der Waals surface area contributed by atoms with Crippen molar-refractivity contribution >= 4 is 29.9 Å². The van der Waals surface area contributed by atoms with Crippen molar-refractivity contribution in [3.63, 3.8) is 0 Å². The van der Waals surface area contributed by atoms with Crippen molar-refractivity contribution in [1.29, 1.82) is 0 Å². The molecular weight excluding hydrogens is 524 g/mol. The standard InChI is InChI=1S/C24H32FN3O3.HI/c1-18(31-23-8-4-7-21(25)14-23)15-27-24(26-2)28-16-19-5-3-6-20(13-19)17-30-22-9-11-29-12-10-22;/h3-8,13-14,18,22H,9-12,15-17H2,1-2H3,(H2,26,27,28);1H. The summed E-state index contributed by atoms with van der Waals surface area (Å²) in [4.78, 5) is 4.26. The molecule has 0 radical (unpaired) electrons. The van der Waals surface area contributed by atoms with Crippen LogP contribution in [0, 0.1) is 5.82 Å². The van der Waals surface area contributed by atoms with E-state index in [9.17, 15) is 4.39 Å². The van der Waals surface area contributed by atoms with E-state index in [1.165, 1.54) is 12.1 Å². The number of nitrogens with one attached hydrogen (secondary N) is 2. The van der Waals surface area contributed by atoms with Gasteiger partial charge in [-0.15, -0.1) is 24.0 Å². The molecule has 2 aromatic carbocycles. The number of ether oxygens (including phenoxy) is 3. The normalized spacial score (nSPS) is 15.5. The lowest BCUT2D eigenvalue weighted by molar-refractivity contribution is -0.0390. The summed E-state index contributed by atoms with van der Waals surface area (Å²) in [6.07, 6.45) is 2.07. The van der Waals surface area contributed by atoms with Gasteiger partial charge in [0.25, 0.3) is 0 Å². The van der Waals surface area contributed by atoms with E-state index >= 15 is 0 Å². The number of aliphatic imine (C=N–C) groups is 1. The van der Waals surface area contributed by atoms with Crippen LogP contribution in [0.15, 0.2) is 53.5 Å². The molecule has 1 heterocycles. The van der Waals surface area contributed by atoms with E-state index in [0.717, 1.165) is 37.2 Å². The first-order valence-corrected chi connectivity index (χ1v) is 10.8. The van der Waals surface area contributed by atoms with Gasteiger partial charge < -0.3 is 24.8 Å². The van der Waals surface area contributed by atoms with Crippen LogP contribution >= 0.6 is 24.0 Å². The molecule has 6 nitrogen and oxygen atoms in total. The van der Waals surface area contributed by atoms with Crippen molar-refractivity contribution in [3.8, 4) is 5.75 Å². The quantitative estimate of drug-likeness (QED) is 0.274. The van der Waals surface area contributed by atoms with E-state index in [4.69, 9.17) is 14.2 Å². The molecule has 8 heteroatoms. The van der Waals surface area contributed by atoms with E-state index in [0.29, 0.717) is 31.4 Å². The summed E-state index contributed by atoms with van der Waals surface area (Å²) in [5.74, 6) is 0.881. The maximum Gasteiger partial charge on any atom is 0.191 e. The maximum absolute atomic E-state index is 13.3. The molecule has 0 bridgehead atoms. The van der Waals surface area contributed by atoms with Gasteiger partial charge in [-0.3, -0.25) is 4.99 Å². The van der Waals surface area contributed by atoms with Gasteiger partial charge in [-0.05, 0) is 43.0 Å². The number of hydrogen-bond acceptors (Lipinski definition) is 4. The second-order valence-electron chi connectivity index (χ2n) is 7.64. The second kappa shape index (κ2) is 14.3. The Morgan fingerprint density at radius 2 is 1.88 bits per heavy atom. The minimum atomic E-state index is -0.310. The van der Waals surface area contributed by atoms with E-state index < -0.39 is 0 Å². The Morgan fingerprint density at radius 3 is 2.62 bits per heavy atom. The van der Waals surface area contributed by atoms with Gasteiger partial charge in [0.2, 0.25) is 0 Å². The van der Waals surface area contributed by atoms with Gasteiger partial charge in [0.15, 0.2) is 5.96 Å². The molecule has 0 spiro atoms. The molecule has 1 atom stereocenters. The monoisotopic (exact) mass is 557 g/mol. The molecule has 3 rings (SSSR count). The van der Waals surface area contributed by atoms with Crippen LogP contribution in [-0.4, -0.2) is 45.0 Å². The summed E-state index contributed by atoms with van der Waals surface area (Å²) < 4.78 is 30.4. The maximum atomic E-state index is 13.3. The first-order valence-electron chi connectivity index (χ1n) is 10.8. The van der Waals surface area contributed by atoms with Crippen LogP contribution in [0.3, 0.4) is 0 Å². The van der Waals surface area contributed by atoms with Crippen molar-refractivity contribution in [2.24, 2.45) is 4.99 Å². The Labute approximate surface area is 207 Å². The minimum Gasteiger partial charge on any atom is -0.489 e. The average Bonchev–Trinajstić information content (AvgIpc) is 2.79. The SMILES string of the molecule is CN=C(NCc1cccc(COC2CCOCC2)c1)NCC(C)Oc1cccc(F)c1.I. The molecule has 0 aromatic heterocycles. The zero-order valence-electron chi connectivity index (χ0n) is 18.7. The van der Waals surface area contributed by atoms with Crippen LogP contribution in [0.2, 0.25) is 0 Å². The highest BCUT2D eigenvalue weighted by molar-refractivity contribution is 14.0. The Hall–Kier alpha value is -1.91. The Morgan fingerprint density at radius 1 is 1.12 bits per heavy atom. The lowest BCUT2D eigenvalue weighted by Gasteiger charge is -2.22. The molecule has 1 fully saturated rings. The molecule has 1 aliphatic heterocycles. The van der Waals surface area contributed by atoms with E-state index in [1.54, 1.807) is 19.2 Å². The van der Waals surface area contributed by atoms with Gasteiger partial charge in [0.1, 0.15) is 17.7 Å². The van der Waals surface area contributed by atoms with E-state index in [2.05, 4.69) is 33.8 Å². The molecule has 0 aliphatic carbocycles. The molecule has 0 saturated carbocycles. The summed E-state index contributed by atoms with van der Waals surface area (Å²) in [5, 5.41) is 6.55. The largest absolute Gasteiger partial charge is 0.489 e. The molecule has 1 unspecified atom stereocenters. The zero-order valence-corrected chi connectivity index (χ0v) is 21.0. The molecule has 32 heavy (non-hydrogen) atoms. The lowest BCUT2D eigenvalue weighted by atomic mass is 10.1. The molecule has 0 amide bonds. The van der Waals surface area contributed by atoms with Crippen LogP contribution in [0.4, 0.5) is 4.39 Å². The Bertz CT molecular complexity index is 847. The summed E-state index contributed by atoms with van der Waals surface area (Å²) in [5.41, 5.74) is 2.31. The van der Waals surface area contributed by atoms with Crippen LogP contribution < -0.4 is 15.4 Å². The number of rotatable bonds is 9. The van der Waals surface area contributed by atoms with Crippen LogP contribution in [0.25, 0.3) is 0 Å². The summed E-state index contributed by atoms with van der Waals surface area (Å²) in [6.45, 7) is 5.28. The number of benzene rings is 2. The predicted molar refractivity (Wildman–Crippen MR) is 135 cm³/mol. The van der Waals surface area contributed by atoms with Crippen molar-refractivity contribution in [2.45, 2.75) is 45.1 Å². The summed E-state index contributed by atoms with van der Waals surface area (Å²) in [6, 6.07) is 14.5. The van der Waals surface area contributed by atoms with E-state index in [1.807, 2.05) is 13.0 Å². The van der Waals surface area contributed by atoms with Gasteiger partial charge in [0, 0.05) is 32.9 Å². The molecule has 1 aliphatic rings. The fourth-order valence-electron chi connectivity index (χ4n) is 3.35. The number of guanidine groups is 1. The molecule has 1 saturated heterocycles. The van der Waals surface area contributed by atoms with Crippen molar-refractivity contribution in [1.82, 2.24) is 10.6 Å². The molecule has 176 valence electrons. The van der Waals surface area contributed by atoms with Gasteiger partial charge >= 0.3 is 0 Å². The topological polar surface area (TPSA) is 64.1 Å². The van der Waals surface area contributed by atoms with Crippen LogP contribution in [0.5, 0.6) is 5.75 Å². The molecule has 2 N–H and O–H groups in total. The minimum absolute atomic E-state index is 0. The lowest BCUT2D eigenvalue weighted by Crippen LogP contribution is -2.41. The fraction of sp³-hybridized carbons (Fsp3) is 0.458. The highest BCUT2D eigenvalue weighted by atomic mass is 127. The van der Waals surface area contributed by atoms with Crippen molar-refractivity contribution in [3.05, 3.63) is 65.5 Å². The smallest absolute Gasteiger partial charge is 0.191 e. The highest BCUT2D eigenvalue weighted by Gasteiger charge is 2.14. The molecule has 2 aromatic rings. The Kier molecular flexibility index (Phi) is 11.8. The van der Waals surface area contributed by atoms with Crippen LogP contribution in [0.1, 0.15) is 30.9 Å². The number of hydrogen-bond donors (Lipinski definition) is 2. The first-order chi connectivity index (χ1) is 15.1.